The molecule has 0 bridgehead atoms. The Kier molecular flexibility index (Phi) is 2.75. The zero-order chi connectivity index (χ0) is 10.3. The lowest BCUT2D eigenvalue weighted by Crippen LogP contribution is -2.60. The van der Waals surface area contributed by atoms with Gasteiger partial charge in [-0.15, -0.1) is 0 Å². The van der Waals surface area contributed by atoms with Gasteiger partial charge in [-0.05, 0) is 47.6 Å². The third-order valence-electron chi connectivity index (χ3n) is 3.60. The number of hydrogen-bond donors (Lipinski definition) is 0. The highest BCUT2D eigenvalue weighted by Crippen LogP contribution is 2.37. The number of piperidine rings is 1. The summed E-state index contributed by atoms with van der Waals surface area (Å²) in [6.45, 7) is 9.17. The first-order valence-corrected chi connectivity index (χ1v) is 5.06. The van der Waals surface area contributed by atoms with Gasteiger partial charge in [0.25, 0.3) is 0 Å². The highest BCUT2D eigenvalue weighted by molar-refractivity contribution is 4.98. The number of nitrogens with zero attached hydrogens (tertiary/aromatic N) is 1. The predicted octanol–water partition coefficient (Wildman–Crippen LogP) is 2.28. The minimum absolute atomic E-state index is 0.252. The Balaban J connectivity index is 2.82. The van der Waals surface area contributed by atoms with Gasteiger partial charge in [0.15, 0.2) is 0 Å². The average molecular weight is 185 g/mol. The Hall–Kier alpha value is -0.0800. The fourth-order valence-electron chi connectivity index (χ4n) is 2.45. The molecule has 2 nitrogen and oxygen atoms in total. The van der Waals surface area contributed by atoms with Crippen LogP contribution in [0.1, 0.15) is 40.5 Å². The van der Waals surface area contributed by atoms with Gasteiger partial charge in [0, 0.05) is 18.2 Å². The normalized spacial score (nSPS) is 29.1. The molecule has 1 heterocycles. The molecule has 0 saturated carbocycles. The van der Waals surface area contributed by atoms with Crippen LogP contribution >= 0.6 is 0 Å². The molecule has 0 aromatic rings. The second kappa shape index (κ2) is 3.25. The maximum absolute atomic E-state index is 5.48. The van der Waals surface area contributed by atoms with E-state index >= 15 is 0 Å². The summed E-state index contributed by atoms with van der Waals surface area (Å²) < 4.78 is 5.48. The van der Waals surface area contributed by atoms with Crippen molar-refractivity contribution in [3.8, 4) is 0 Å². The lowest BCUT2D eigenvalue weighted by atomic mass is 9.79. The minimum Gasteiger partial charge on any atom is -0.381 e. The zero-order valence-electron chi connectivity index (χ0n) is 9.85. The van der Waals surface area contributed by atoms with Crippen LogP contribution < -0.4 is 0 Å². The van der Waals surface area contributed by atoms with Gasteiger partial charge in [-0.3, -0.25) is 4.90 Å². The van der Waals surface area contributed by atoms with E-state index in [1.807, 2.05) is 7.11 Å². The maximum Gasteiger partial charge on any atom is 0.0606 e. The average Bonchev–Trinajstić information content (AvgIpc) is 1.99. The monoisotopic (exact) mass is 185 g/mol. The fourth-order valence-corrected chi connectivity index (χ4v) is 2.45. The quantitative estimate of drug-likeness (QED) is 0.621. The first-order valence-electron chi connectivity index (χ1n) is 5.06. The second-order valence-electron chi connectivity index (χ2n) is 5.45. The summed E-state index contributed by atoms with van der Waals surface area (Å²) in [5, 5.41) is 0. The van der Waals surface area contributed by atoms with Crippen molar-refractivity contribution in [2.75, 3.05) is 14.2 Å². The molecule has 0 aromatic carbocycles. The molecule has 1 rings (SSSR count). The van der Waals surface area contributed by atoms with E-state index in [2.05, 4.69) is 39.6 Å². The number of ether oxygens (including phenoxy) is 1. The molecule has 0 aliphatic carbocycles. The Morgan fingerprint density at radius 1 is 1.08 bits per heavy atom. The Bertz CT molecular complexity index is 169. The summed E-state index contributed by atoms with van der Waals surface area (Å²) in [6, 6.07) is 0. The third-order valence-corrected chi connectivity index (χ3v) is 3.60. The number of likely N-dealkylation sites (tertiary alicyclic amines) is 1. The lowest BCUT2D eigenvalue weighted by Gasteiger charge is -2.53. The predicted molar refractivity (Wildman–Crippen MR) is 56.0 cm³/mol. The highest BCUT2D eigenvalue weighted by atomic mass is 16.5. The summed E-state index contributed by atoms with van der Waals surface area (Å²) >= 11 is 0. The summed E-state index contributed by atoms with van der Waals surface area (Å²) in [4.78, 5) is 2.47. The van der Waals surface area contributed by atoms with E-state index < -0.39 is 0 Å². The Labute approximate surface area is 82.3 Å². The summed E-state index contributed by atoms with van der Waals surface area (Å²) in [5.74, 6) is 0. The second-order valence-corrected chi connectivity index (χ2v) is 5.45. The molecule has 0 aromatic heterocycles. The molecule has 0 N–H and O–H groups in total. The first-order chi connectivity index (χ1) is 5.79. The van der Waals surface area contributed by atoms with E-state index in [1.165, 1.54) is 0 Å². The molecule has 1 fully saturated rings. The van der Waals surface area contributed by atoms with Gasteiger partial charge >= 0.3 is 0 Å². The molecule has 0 atom stereocenters. The van der Waals surface area contributed by atoms with Crippen LogP contribution in [0, 0.1) is 0 Å². The van der Waals surface area contributed by atoms with Gasteiger partial charge < -0.3 is 4.74 Å². The van der Waals surface area contributed by atoms with Crippen molar-refractivity contribution in [1.29, 1.82) is 0 Å². The van der Waals surface area contributed by atoms with Crippen molar-refractivity contribution < 1.29 is 4.74 Å². The van der Waals surface area contributed by atoms with Gasteiger partial charge in [0.2, 0.25) is 0 Å². The molecule has 2 heteroatoms. The van der Waals surface area contributed by atoms with E-state index in [1.54, 1.807) is 0 Å². The van der Waals surface area contributed by atoms with Crippen LogP contribution in [0.5, 0.6) is 0 Å². The Morgan fingerprint density at radius 3 is 1.77 bits per heavy atom. The zero-order valence-corrected chi connectivity index (χ0v) is 9.85. The standard InChI is InChI=1S/C11H23NO/c1-10(2)7-9(13-6)8-11(3,4)12(10)5/h9H,7-8H2,1-6H3. The highest BCUT2D eigenvalue weighted by Gasteiger charge is 2.42. The molecule has 13 heavy (non-hydrogen) atoms. The van der Waals surface area contributed by atoms with Gasteiger partial charge in [0.05, 0.1) is 6.10 Å². The van der Waals surface area contributed by atoms with Crippen LogP contribution in [-0.2, 0) is 4.74 Å². The van der Waals surface area contributed by atoms with E-state index in [9.17, 15) is 0 Å². The van der Waals surface area contributed by atoms with Crippen LogP contribution in [0.25, 0.3) is 0 Å². The summed E-state index contributed by atoms with van der Waals surface area (Å²) in [7, 11) is 4.04. The lowest BCUT2D eigenvalue weighted by molar-refractivity contribution is -0.0783. The summed E-state index contributed by atoms with van der Waals surface area (Å²) in [5.41, 5.74) is 0.505. The van der Waals surface area contributed by atoms with Gasteiger partial charge in [-0.2, -0.15) is 0 Å². The van der Waals surface area contributed by atoms with Crippen molar-refractivity contribution in [1.82, 2.24) is 4.90 Å². The van der Waals surface area contributed by atoms with Crippen LogP contribution in [0.4, 0.5) is 0 Å². The van der Waals surface area contributed by atoms with E-state index in [4.69, 9.17) is 4.74 Å². The number of hydrogen-bond acceptors (Lipinski definition) is 2. The Morgan fingerprint density at radius 2 is 1.46 bits per heavy atom. The van der Waals surface area contributed by atoms with Crippen LogP contribution in [0.15, 0.2) is 0 Å². The largest absolute Gasteiger partial charge is 0.381 e. The smallest absolute Gasteiger partial charge is 0.0606 e. The summed E-state index contributed by atoms with van der Waals surface area (Å²) in [6.07, 6.45) is 2.67. The third kappa shape index (κ3) is 2.05. The van der Waals surface area contributed by atoms with Crippen molar-refractivity contribution in [3.63, 3.8) is 0 Å². The molecule has 0 unspecified atom stereocenters. The number of methoxy groups -OCH3 is 1. The first kappa shape index (κ1) is 11.0. The van der Waals surface area contributed by atoms with Crippen LogP contribution in [0.2, 0.25) is 0 Å². The van der Waals surface area contributed by atoms with Crippen LogP contribution in [0.3, 0.4) is 0 Å². The molecule has 78 valence electrons. The molecule has 1 saturated heterocycles. The molecule has 0 radical (unpaired) electrons. The van der Waals surface area contributed by atoms with E-state index in [0.717, 1.165) is 12.8 Å². The van der Waals surface area contributed by atoms with Crippen molar-refractivity contribution >= 4 is 0 Å². The fraction of sp³-hybridized carbons (Fsp3) is 1.00. The molecular formula is C11H23NO. The van der Waals surface area contributed by atoms with Crippen molar-refractivity contribution in [2.24, 2.45) is 0 Å². The SMILES string of the molecule is COC1CC(C)(C)N(C)C(C)(C)C1. The van der Waals surface area contributed by atoms with Crippen molar-refractivity contribution in [2.45, 2.75) is 57.7 Å². The molecule has 1 aliphatic rings. The molecule has 0 spiro atoms. The topological polar surface area (TPSA) is 12.5 Å². The molecule has 1 aliphatic heterocycles. The molecular weight excluding hydrogens is 162 g/mol. The minimum atomic E-state index is 0.252. The maximum atomic E-state index is 5.48. The van der Waals surface area contributed by atoms with Gasteiger partial charge in [-0.25, -0.2) is 0 Å². The van der Waals surface area contributed by atoms with Gasteiger partial charge in [-0.1, -0.05) is 0 Å². The number of rotatable bonds is 1. The van der Waals surface area contributed by atoms with Crippen LogP contribution in [-0.4, -0.2) is 36.2 Å². The molecule has 0 amide bonds. The van der Waals surface area contributed by atoms with Crippen molar-refractivity contribution in [3.05, 3.63) is 0 Å². The van der Waals surface area contributed by atoms with E-state index in [-0.39, 0.29) is 11.1 Å². The van der Waals surface area contributed by atoms with E-state index in [0.29, 0.717) is 6.10 Å². The van der Waals surface area contributed by atoms with Gasteiger partial charge in [0.1, 0.15) is 0 Å².